The second kappa shape index (κ2) is 9.09. The number of nitrogens with zero attached hydrogens (tertiary/aromatic N) is 1. The molecule has 0 aliphatic heterocycles. The molecule has 0 spiro atoms. The molecule has 0 saturated carbocycles. The first-order valence-electron chi connectivity index (χ1n) is 9.92. The van der Waals surface area contributed by atoms with Crippen LogP contribution < -0.4 is 4.90 Å². The van der Waals surface area contributed by atoms with Crippen LogP contribution in [0.15, 0.2) is 108 Å². The normalized spacial score (nSPS) is 10.7. The average Bonchev–Trinajstić information content (AvgIpc) is 3.28. The number of furan rings is 1. The standard InChI is InChI=1S/C26H25NO/c1-3-11-23(12-4-1)27(24-13-5-2-6-14-24)25-19-17-22(18-20-25)10-7-8-15-26-16-9-21-28-26/h1-6,9,11-14,16-21H,7-8,10,15H2. The van der Waals surface area contributed by atoms with Gasteiger partial charge in [-0.3, -0.25) is 0 Å². The molecule has 140 valence electrons. The van der Waals surface area contributed by atoms with Gasteiger partial charge in [-0.1, -0.05) is 48.5 Å². The molecule has 0 N–H and O–H groups in total. The van der Waals surface area contributed by atoms with Crippen molar-refractivity contribution in [1.82, 2.24) is 0 Å². The van der Waals surface area contributed by atoms with Gasteiger partial charge >= 0.3 is 0 Å². The van der Waals surface area contributed by atoms with Crippen LogP contribution in [0.4, 0.5) is 17.1 Å². The van der Waals surface area contributed by atoms with E-state index in [0.29, 0.717) is 0 Å². The number of benzene rings is 3. The monoisotopic (exact) mass is 367 g/mol. The summed E-state index contributed by atoms with van der Waals surface area (Å²) in [5.74, 6) is 1.08. The summed E-state index contributed by atoms with van der Waals surface area (Å²) in [5.41, 5.74) is 4.89. The van der Waals surface area contributed by atoms with Gasteiger partial charge in [-0.05, 0) is 73.4 Å². The summed E-state index contributed by atoms with van der Waals surface area (Å²) < 4.78 is 5.41. The van der Waals surface area contributed by atoms with Crippen molar-refractivity contribution >= 4 is 17.1 Å². The predicted molar refractivity (Wildman–Crippen MR) is 116 cm³/mol. The van der Waals surface area contributed by atoms with E-state index in [-0.39, 0.29) is 0 Å². The third-order valence-electron chi connectivity index (χ3n) is 4.94. The third-order valence-corrected chi connectivity index (χ3v) is 4.94. The van der Waals surface area contributed by atoms with Crippen LogP contribution in [0.3, 0.4) is 0 Å². The highest BCUT2D eigenvalue weighted by Gasteiger charge is 2.11. The van der Waals surface area contributed by atoms with E-state index in [1.807, 2.05) is 6.07 Å². The van der Waals surface area contributed by atoms with Crippen molar-refractivity contribution in [3.63, 3.8) is 0 Å². The van der Waals surface area contributed by atoms with Crippen molar-refractivity contribution in [1.29, 1.82) is 0 Å². The van der Waals surface area contributed by atoms with E-state index in [2.05, 4.69) is 95.9 Å². The fourth-order valence-electron chi connectivity index (χ4n) is 3.50. The summed E-state index contributed by atoms with van der Waals surface area (Å²) in [7, 11) is 0. The van der Waals surface area contributed by atoms with Gasteiger partial charge in [0.25, 0.3) is 0 Å². The van der Waals surface area contributed by atoms with Crippen molar-refractivity contribution in [3.8, 4) is 0 Å². The fourth-order valence-corrected chi connectivity index (χ4v) is 3.50. The Balaban J connectivity index is 1.45. The van der Waals surface area contributed by atoms with Gasteiger partial charge in [0.05, 0.1) is 6.26 Å². The Kier molecular flexibility index (Phi) is 5.89. The van der Waals surface area contributed by atoms with Crippen LogP contribution in [0, 0.1) is 0 Å². The molecule has 1 aromatic heterocycles. The maximum absolute atomic E-state index is 5.41. The van der Waals surface area contributed by atoms with Gasteiger partial charge < -0.3 is 9.32 Å². The molecule has 3 aromatic carbocycles. The molecule has 2 heteroatoms. The lowest BCUT2D eigenvalue weighted by molar-refractivity contribution is 0.498. The van der Waals surface area contributed by atoms with Gasteiger partial charge in [0.2, 0.25) is 0 Å². The Bertz CT molecular complexity index is 905. The Hall–Kier alpha value is -3.26. The summed E-state index contributed by atoms with van der Waals surface area (Å²) in [6, 6.07) is 34.0. The SMILES string of the molecule is c1ccc(N(c2ccccc2)c2ccc(CCCCc3ccco3)cc2)cc1. The van der Waals surface area contributed by atoms with E-state index in [1.54, 1.807) is 6.26 Å². The molecule has 0 atom stereocenters. The van der Waals surface area contributed by atoms with E-state index >= 15 is 0 Å². The molecule has 0 radical (unpaired) electrons. The number of para-hydroxylation sites is 2. The molecule has 0 amide bonds. The highest BCUT2D eigenvalue weighted by molar-refractivity contribution is 5.76. The zero-order chi connectivity index (χ0) is 19.0. The van der Waals surface area contributed by atoms with Crippen LogP contribution in [0.25, 0.3) is 0 Å². The summed E-state index contributed by atoms with van der Waals surface area (Å²) in [6.45, 7) is 0. The minimum Gasteiger partial charge on any atom is -0.469 e. The lowest BCUT2D eigenvalue weighted by atomic mass is 10.1. The van der Waals surface area contributed by atoms with Gasteiger partial charge in [0.1, 0.15) is 5.76 Å². The van der Waals surface area contributed by atoms with Crippen molar-refractivity contribution in [2.45, 2.75) is 25.7 Å². The lowest BCUT2D eigenvalue weighted by Gasteiger charge is -2.25. The number of hydrogen-bond acceptors (Lipinski definition) is 2. The van der Waals surface area contributed by atoms with Crippen molar-refractivity contribution in [2.75, 3.05) is 4.90 Å². The molecule has 4 rings (SSSR count). The van der Waals surface area contributed by atoms with Gasteiger partial charge in [-0.25, -0.2) is 0 Å². The first kappa shape index (κ1) is 18.1. The van der Waals surface area contributed by atoms with E-state index in [0.717, 1.165) is 25.0 Å². The van der Waals surface area contributed by atoms with Gasteiger partial charge in [-0.2, -0.15) is 0 Å². The maximum Gasteiger partial charge on any atom is 0.103 e. The predicted octanol–water partition coefficient (Wildman–Crippen LogP) is 7.31. The average molecular weight is 367 g/mol. The molecular weight excluding hydrogens is 342 g/mol. The van der Waals surface area contributed by atoms with Crippen LogP contribution in [-0.2, 0) is 12.8 Å². The molecule has 0 saturated heterocycles. The number of rotatable bonds is 8. The smallest absolute Gasteiger partial charge is 0.103 e. The number of unbranched alkanes of at least 4 members (excludes halogenated alkanes) is 1. The molecule has 0 aliphatic rings. The topological polar surface area (TPSA) is 16.4 Å². The number of aryl methyl sites for hydroxylation is 2. The second-order valence-corrected chi connectivity index (χ2v) is 6.96. The number of hydrogen-bond donors (Lipinski definition) is 0. The van der Waals surface area contributed by atoms with Crippen molar-refractivity contribution in [3.05, 3.63) is 115 Å². The van der Waals surface area contributed by atoms with E-state index in [4.69, 9.17) is 4.42 Å². The summed E-state index contributed by atoms with van der Waals surface area (Å²) in [6.07, 6.45) is 6.17. The van der Waals surface area contributed by atoms with Crippen LogP contribution in [-0.4, -0.2) is 0 Å². The summed E-state index contributed by atoms with van der Waals surface area (Å²) >= 11 is 0. The minimum atomic E-state index is 1.01. The Morgan fingerprint density at radius 1 is 0.536 bits per heavy atom. The fraction of sp³-hybridized carbons (Fsp3) is 0.154. The van der Waals surface area contributed by atoms with Crippen LogP contribution in [0.2, 0.25) is 0 Å². The first-order valence-corrected chi connectivity index (χ1v) is 9.92. The van der Waals surface area contributed by atoms with Crippen LogP contribution in [0.1, 0.15) is 24.2 Å². The van der Waals surface area contributed by atoms with Gasteiger partial charge in [-0.15, -0.1) is 0 Å². The van der Waals surface area contributed by atoms with Crippen LogP contribution >= 0.6 is 0 Å². The molecule has 0 aliphatic carbocycles. The highest BCUT2D eigenvalue weighted by Crippen LogP contribution is 2.34. The Morgan fingerprint density at radius 2 is 1.11 bits per heavy atom. The van der Waals surface area contributed by atoms with E-state index in [9.17, 15) is 0 Å². The Morgan fingerprint density at radius 3 is 1.68 bits per heavy atom. The number of anilines is 3. The maximum atomic E-state index is 5.41. The first-order chi connectivity index (χ1) is 13.9. The molecule has 1 heterocycles. The quantitative estimate of drug-likeness (QED) is 0.303. The van der Waals surface area contributed by atoms with Gasteiger partial charge in [0.15, 0.2) is 0 Å². The molecule has 2 nitrogen and oxygen atoms in total. The Labute approximate surface area is 167 Å². The lowest BCUT2D eigenvalue weighted by Crippen LogP contribution is -2.09. The summed E-state index contributed by atoms with van der Waals surface area (Å²) in [5, 5.41) is 0. The molecule has 0 bridgehead atoms. The van der Waals surface area contributed by atoms with E-state index in [1.165, 1.54) is 29.0 Å². The molecule has 0 fully saturated rings. The largest absolute Gasteiger partial charge is 0.469 e. The van der Waals surface area contributed by atoms with E-state index < -0.39 is 0 Å². The zero-order valence-corrected chi connectivity index (χ0v) is 16.0. The zero-order valence-electron chi connectivity index (χ0n) is 16.0. The second-order valence-electron chi connectivity index (χ2n) is 6.96. The highest BCUT2D eigenvalue weighted by atomic mass is 16.3. The third kappa shape index (κ3) is 4.52. The van der Waals surface area contributed by atoms with Crippen molar-refractivity contribution in [2.24, 2.45) is 0 Å². The van der Waals surface area contributed by atoms with Gasteiger partial charge in [0, 0.05) is 23.5 Å². The molecule has 4 aromatic rings. The minimum absolute atomic E-state index is 1.01. The van der Waals surface area contributed by atoms with Crippen molar-refractivity contribution < 1.29 is 4.42 Å². The molecule has 0 unspecified atom stereocenters. The van der Waals surface area contributed by atoms with Crippen LogP contribution in [0.5, 0.6) is 0 Å². The molecule has 28 heavy (non-hydrogen) atoms. The molecular formula is C26H25NO. The summed E-state index contributed by atoms with van der Waals surface area (Å²) in [4.78, 5) is 2.29.